The third-order valence-electron chi connectivity index (χ3n) is 2.23. The number of aliphatic hydroxyl groups is 4. The zero-order chi connectivity index (χ0) is 10.1. The summed E-state index contributed by atoms with van der Waals surface area (Å²) < 4.78 is 9.69. The molecule has 4 N–H and O–H groups in total. The second-order valence-electron chi connectivity index (χ2n) is 2.99. The predicted octanol–water partition coefficient (Wildman–Crippen LogP) is -2.57. The lowest BCUT2D eigenvalue weighted by Crippen LogP contribution is -2.63. The lowest BCUT2D eigenvalue weighted by atomic mass is 9.97. The van der Waals surface area contributed by atoms with Crippen molar-refractivity contribution in [3.8, 4) is 0 Å². The molecule has 0 bridgehead atoms. The molecular formula is C7H14O6. The summed E-state index contributed by atoms with van der Waals surface area (Å²) >= 11 is 0. The minimum Gasteiger partial charge on any atom is -0.391 e. The van der Waals surface area contributed by atoms with Gasteiger partial charge in [0.15, 0.2) is 0 Å². The molecule has 3 unspecified atom stereocenters. The van der Waals surface area contributed by atoms with Gasteiger partial charge in [0.25, 0.3) is 0 Å². The molecule has 6 nitrogen and oxygen atoms in total. The monoisotopic (exact) mass is 194 g/mol. The Bertz CT molecular complexity index is 168. The van der Waals surface area contributed by atoms with Crippen molar-refractivity contribution in [1.82, 2.24) is 0 Å². The molecule has 6 heteroatoms. The van der Waals surface area contributed by atoms with Crippen LogP contribution in [0.2, 0.25) is 0 Å². The molecule has 0 radical (unpaired) electrons. The second kappa shape index (κ2) is 3.87. The largest absolute Gasteiger partial charge is 0.391 e. The van der Waals surface area contributed by atoms with Crippen LogP contribution in [0.4, 0.5) is 0 Å². The topological polar surface area (TPSA) is 99.4 Å². The van der Waals surface area contributed by atoms with Crippen molar-refractivity contribution in [3.05, 3.63) is 0 Å². The molecule has 4 atom stereocenters. The van der Waals surface area contributed by atoms with Crippen molar-refractivity contribution < 1.29 is 29.9 Å². The Kier molecular flexibility index (Phi) is 3.23. The van der Waals surface area contributed by atoms with Gasteiger partial charge in [-0.1, -0.05) is 0 Å². The van der Waals surface area contributed by atoms with E-state index in [4.69, 9.17) is 19.7 Å². The Morgan fingerprint density at radius 3 is 2.54 bits per heavy atom. The molecule has 1 rings (SSSR count). The van der Waals surface area contributed by atoms with Crippen molar-refractivity contribution in [3.63, 3.8) is 0 Å². The third kappa shape index (κ3) is 1.69. The normalized spacial score (nSPS) is 46.4. The molecule has 0 amide bonds. The molecule has 0 saturated carbocycles. The first-order chi connectivity index (χ1) is 6.07. The van der Waals surface area contributed by atoms with E-state index in [2.05, 4.69) is 0 Å². The molecule has 0 aromatic carbocycles. The van der Waals surface area contributed by atoms with E-state index in [1.165, 1.54) is 7.11 Å². The highest BCUT2D eigenvalue weighted by Crippen LogP contribution is 2.26. The quantitative estimate of drug-likeness (QED) is 0.386. The van der Waals surface area contributed by atoms with Crippen LogP contribution in [-0.4, -0.2) is 64.8 Å². The number of methoxy groups -OCH3 is 1. The maximum Gasteiger partial charge on any atom is 0.220 e. The van der Waals surface area contributed by atoms with Gasteiger partial charge in [0.1, 0.15) is 24.9 Å². The van der Waals surface area contributed by atoms with E-state index in [1.54, 1.807) is 0 Å². The average molecular weight is 194 g/mol. The van der Waals surface area contributed by atoms with E-state index in [-0.39, 0.29) is 6.61 Å². The molecule has 0 aromatic rings. The SMILES string of the molecule is CO[C@@]1(CO)OCC(O)C(O)C1O. The summed E-state index contributed by atoms with van der Waals surface area (Å²) in [6.45, 7) is -0.777. The summed E-state index contributed by atoms with van der Waals surface area (Å²) in [7, 11) is 1.24. The maximum atomic E-state index is 9.44. The van der Waals surface area contributed by atoms with Crippen molar-refractivity contribution in [1.29, 1.82) is 0 Å². The maximum absolute atomic E-state index is 9.44. The molecular weight excluding hydrogens is 180 g/mol. The van der Waals surface area contributed by atoms with Gasteiger partial charge in [-0.05, 0) is 0 Å². The zero-order valence-corrected chi connectivity index (χ0v) is 7.25. The molecule has 1 fully saturated rings. The van der Waals surface area contributed by atoms with Crippen LogP contribution in [0, 0.1) is 0 Å². The first-order valence-electron chi connectivity index (χ1n) is 3.91. The number of hydrogen-bond donors (Lipinski definition) is 4. The van der Waals surface area contributed by atoms with Crippen LogP contribution in [0.5, 0.6) is 0 Å². The third-order valence-corrected chi connectivity index (χ3v) is 2.23. The van der Waals surface area contributed by atoms with Gasteiger partial charge in [-0.2, -0.15) is 0 Å². The molecule has 13 heavy (non-hydrogen) atoms. The van der Waals surface area contributed by atoms with Gasteiger partial charge in [0, 0.05) is 7.11 Å². The summed E-state index contributed by atoms with van der Waals surface area (Å²) in [5.41, 5.74) is 0. The van der Waals surface area contributed by atoms with E-state index in [0.29, 0.717) is 0 Å². The molecule has 1 heterocycles. The Balaban J connectivity index is 2.77. The van der Waals surface area contributed by atoms with Gasteiger partial charge in [0.2, 0.25) is 5.79 Å². The Hall–Kier alpha value is -0.240. The summed E-state index contributed by atoms with van der Waals surface area (Å²) in [4.78, 5) is 0. The lowest BCUT2D eigenvalue weighted by molar-refractivity contribution is -0.340. The Labute approximate surface area is 75.3 Å². The van der Waals surface area contributed by atoms with E-state index >= 15 is 0 Å². The van der Waals surface area contributed by atoms with Crippen molar-refractivity contribution >= 4 is 0 Å². The fourth-order valence-electron chi connectivity index (χ4n) is 1.26. The van der Waals surface area contributed by atoms with Crippen LogP contribution >= 0.6 is 0 Å². The highest BCUT2D eigenvalue weighted by molar-refractivity contribution is 4.92. The Morgan fingerprint density at radius 1 is 1.46 bits per heavy atom. The summed E-state index contributed by atoms with van der Waals surface area (Å²) in [6, 6.07) is 0. The van der Waals surface area contributed by atoms with Gasteiger partial charge in [-0.25, -0.2) is 0 Å². The van der Waals surface area contributed by atoms with Gasteiger partial charge >= 0.3 is 0 Å². The van der Waals surface area contributed by atoms with Crippen molar-refractivity contribution in [2.45, 2.75) is 24.1 Å². The Morgan fingerprint density at radius 2 is 2.08 bits per heavy atom. The molecule has 1 aliphatic rings. The number of rotatable bonds is 2. The fraction of sp³-hybridized carbons (Fsp3) is 1.00. The molecule has 0 aromatic heterocycles. The molecule has 78 valence electrons. The molecule has 0 aliphatic carbocycles. The van der Waals surface area contributed by atoms with E-state index in [1.807, 2.05) is 0 Å². The van der Waals surface area contributed by atoms with Crippen molar-refractivity contribution in [2.24, 2.45) is 0 Å². The van der Waals surface area contributed by atoms with Crippen LogP contribution in [0.1, 0.15) is 0 Å². The van der Waals surface area contributed by atoms with E-state index in [9.17, 15) is 10.2 Å². The zero-order valence-electron chi connectivity index (χ0n) is 7.25. The van der Waals surface area contributed by atoms with Crippen LogP contribution < -0.4 is 0 Å². The van der Waals surface area contributed by atoms with Crippen molar-refractivity contribution in [2.75, 3.05) is 20.3 Å². The molecule has 0 spiro atoms. The second-order valence-corrected chi connectivity index (χ2v) is 2.99. The molecule has 1 saturated heterocycles. The highest BCUT2D eigenvalue weighted by atomic mass is 16.7. The van der Waals surface area contributed by atoms with E-state index in [0.717, 1.165) is 0 Å². The summed E-state index contributed by atoms with van der Waals surface area (Å²) in [5, 5.41) is 36.7. The van der Waals surface area contributed by atoms with Crippen LogP contribution in [0.25, 0.3) is 0 Å². The minimum absolute atomic E-state index is 0.188. The standard InChI is InChI=1S/C7H14O6/c1-12-7(3-8)6(11)5(10)4(9)2-13-7/h4-6,8-11H,2-3H2,1H3/t4?,5?,6?,7-/m0/s1. The lowest BCUT2D eigenvalue weighted by Gasteiger charge is -2.42. The number of aliphatic hydroxyl groups excluding tert-OH is 4. The summed E-state index contributed by atoms with van der Waals surface area (Å²) in [5.74, 6) is -1.63. The smallest absolute Gasteiger partial charge is 0.220 e. The van der Waals surface area contributed by atoms with Crippen LogP contribution in [0.3, 0.4) is 0 Å². The summed E-state index contributed by atoms with van der Waals surface area (Å²) in [6.07, 6.45) is -4.00. The average Bonchev–Trinajstić information content (AvgIpc) is 2.16. The molecule has 1 aliphatic heterocycles. The first kappa shape index (κ1) is 10.8. The van der Waals surface area contributed by atoms with E-state index < -0.39 is 30.7 Å². The van der Waals surface area contributed by atoms with Gasteiger partial charge < -0.3 is 29.9 Å². The van der Waals surface area contributed by atoms with Gasteiger partial charge in [-0.3, -0.25) is 0 Å². The van der Waals surface area contributed by atoms with Gasteiger partial charge in [0.05, 0.1) is 6.61 Å². The van der Waals surface area contributed by atoms with Crippen LogP contribution in [-0.2, 0) is 9.47 Å². The van der Waals surface area contributed by atoms with Crippen LogP contribution in [0.15, 0.2) is 0 Å². The minimum atomic E-state index is -1.63. The highest BCUT2D eigenvalue weighted by Gasteiger charge is 2.49. The first-order valence-corrected chi connectivity index (χ1v) is 3.91. The van der Waals surface area contributed by atoms with Gasteiger partial charge in [-0.15, -0.1) is 0 Å². The number of ether oxygens (including phenoxy) is 2. The predicted molar refractivity (Wildman–Crippen MR) is 40.8 cm³/mol. The fourth-order valence-corrected chi connectivity index (χ4v) is 1.26. The number of hydrogen-bond acceptors (Lipinski definition) is 6.